The molecule has 0 saturated heterocycles. The van der Waals surface area contributed by atoms with Crippen LogP contribution in [0.3, 0.4) is 0 Å². The number of para-hydroxylation sites is 1. The Hall–Kier alpha value is -3.61. The number of imide groups is 1. The average Bonchev–Trinajstić information content (AvgIpc) is 2.63. The summed E-state index contributed by atoms with van der Waals surface area (Å²) in [6, 6.07) is 15.2. The Bertz CT molecular complexity index is 936. The van der Waals surface area contributed by atoms with Crippen LogP contribution >= 0.6 is 0 Å². The predicted octanol–water partition coefficient (Wildman–Crippen LogP) is 3.02. The summed E-state index contributed by atoms with van der Waals surface area (Å²) in [7, 11) is 0. The van der Waals surface area contributed by atoms with Crippen molar-refractivity contribution in [2.45, 2.75) is 13.0 Å². The molecule has 132 valence electrons. The second-order valence-corrected chi connectivity index (χ2v) is 5.68. The van der Waals surface area contributed by atoms with E-state index >= 15 is 0 Å². The highest BCUT2D eigenvalue weighted by Gasteiger charge is 2.14. The highest BCUT2D eigenvalue weighted by atomic mass is 16.5. The zero-order valence-corrected chi connectivity index (χ0v) is 14.1. The molecule has 0 aliphatic heterocycles. The van der Waals surface area contributed by atoms with Crippen molar-refractivity contribution >= 4 is 28.5 Å². The molecule has 1 atom stereocenters. The lowest BCUT2D eigenvalue weighted by atomic mass is 10.2. The molecule has 0 aliphatic rings. The van der Waals surface area contributed by atoms with Crippen LogP contribution in [0.5, 0.6) is 11.5 Å². The van der Waals surface area contributed by atoms with Gasteiger partial charge in [-0.05, 0) is 43.3 Å². The maximum absolute atomic E-state index is 11.7. The third kappa shape index (κ3) is 4.07. The number of hydrogen-bond acceptors (Lipinski definition) is 5. The summed E-state index contributed by atoms with van der Waals surface area (Å²) in [5.74, 6) is 0.806. The number of anilines is 1. The predicted molar refractivity (Wildman–Crippen MR) is 99.1 cm³/mol. The van der Waals surface area contributed by atoms with E-state index in [-0.39, 0.29) is 0 Å². The Morgan fingerprint density at radius 2 is 1.81 bits per heavy atom. The molecule has 0 spiro atoms. The molecule has 3 aromatic rings. The first kappa shape index (κ1) is 17.2. The fourth-order valence-corrected chi connectivity index (χ4v) is 2.45. The van der Waals surface area contributed by atoms with E-state index in [0.717, 1.165) is 10.9 Å². The number of urea groups is 1. The van der Waals surface area contributed by atoms with Crippen molar-refractivity contribution < 1.29 is 14.3 Å². The summed E-state index contributed by atoms with van der Waals surface area (Å²) in [6.45, 7) is 1.63. The monoisotopic (exact) mass is 350 g/mol. The van der Waals surface area contributed by atoms with Crippen molar-refractivity contribution in [3.05, 3.63) is 60.8 Å². The van der Waals surface area contributed by atoms with E-state index in [1.165, 1.54) is 0 Å². The van der Waals surface area contributed by atoms with Gasteiger partial charge in [-0.2, -0.15) is 0 Å². The van der Waals surface area contributed by atoms with Crippen LogP contribution in [0, 0.1) is 0 Å². The molecule has 0 fully saturated rings. The minimum Gasteiger partial charge on any atom is -0.455 e. The number of aromatic nitrogens is 1. The molecular weight excluding hydrogens is 332 g/mol. The smallest absolute Gasteiger partial charge is 0.318 e. The van der Waals surface area contributed by atoms with Crippen molar-refractivity contribution in [1.82, 2.24) is 10.3 Å². The third-order valence-electron chi connectivity index (χ3n) is 3.70. The van der Waals surface area contributed by atoms with Crippen LogP contribution in [-0.2, 0) is 4.79 Å². The number of benzene rings is 2. The summed E-state index contributed by atoms with van der Waals surface area (Å²) in [5, 5.41) is 6.01. The van der Waals surface area contributed by atoms with Gasteiger partial charge in [-0.3, -0.25) is 15.1 Å². The van der Waals surface area contributed by atoms with Gasteiger partial charge < -0.3 is 15.8 Å². The third-order valence-corrected chi connectivity index (χ3v) is 3.70. The number of ether oxygens (including phenoxy) is 1. The normalized spacial score (nSPS) is 11.6. The van der Waals surface area contributed by atoms with E-state index in [9.17, 15) is 9.59 Å². The largest absolute Gasteiger partial charge is 0.455 e. The number of amides is 3. The second kappa shape index (κ2) is 7.52. The second-order valence-electron chi connectivity index (χ2n) is 5.68. The maximum atomic E-state index is 11.7. The number of hydrogen-bond donors (Lipinski definition) is 3. The number of nitrogens with one attached hydrogen (secondary N) is 2. The lowest BCUT2D eigenvalue weighted by Crippen LogP contribution is -2.43. The molecular formula is C19H18N4O3. The molecule has 2 aromatic carbocycles. The van der Waals surface area contributed by atoms with Crippen LogP contribution in [0.4, 0.5) is 10.5 Å². The number of fused-ring (bicyclic) bond motifs is 1. The first-order chi connectivity index (χ1) is 12.5. The maximum Gasteiger partial charge on any atom is 0.318 e. The quantitative estimate of drug-likeness (QED) is 0.656. The van der Waals surface area contributed by atoms with Gasteiger partial charge in [-0.1, -0.05) is 18.2 Å². The molecule has 1 aromatic heterocycles. The number of nitrogens with two attached hydrogens (primary N) is 1. The zero-order chi connectivity index (χ0) is 18.5. The first-order valence-electron chi connectivity index (χ1n) is 8.01. The molecule has 0 bridgehead atoms. The topological polar surface area (TPSA) is 106 Å². The molecule has 7 nitrogen and oxygen atoms in total. The van der Waals surface area contributed by atoms with Crippen molar-refractivity contribution in [1.29, 1.82) is 0 Å². The lowest BCUT2D eigenvalue weighted by molar-refractivity contribution is -0.120. The summed E-state index contributed by atoms with van der Waals surface area (Å²) in [6.07, 6.45) is 1.72. The Balaban J connectivity index is 1.70. The van der Waals surface area contributed by atoms with Gasteiger partial charge >= 0.3 is 6.03 Å². The van der Waals surface area contributed by atoms with E-state index in [1.54, 1.807) is 37.4 Å². The minimum atomic E-state index is -0.879. The van der Waals surface area contributed by atoms with Gasteiger partial charge in [-0.25, -0.2) is 4.79 Å². The fraction of sp³-hybridized carbons (Fsp3) is 0.105. The van der Waals surface area contributed by atoms with Gasteiger partial charge in [0.1, 0.15) is 17.3 Å². The highest BCUT2D eigenvalue weighted by Crippen LogP contribution is 2.28. The summed E-state index contributed by atoms with van der Waals surface area (Å²) < 4.78 is 5.92. The van der Waals surface area contributed by atoms with Gasteiger partial charge in [0.15, 0.2) is 5.75 Å². The van der Waals surface area contributed by atoms with Crippen LogP contribution < -0.4 is 21.1 Å². The number of pyridine rings is 1. The van der Waals surface area contributed by atoms with Crippen LogP contribution in [0.15, 0.2) is 60.8 Å². The van der Waals surface area contributed by atoms with E-state index in [0.29, 0.717) is 17.2 Å². The SMILES string of the molecule is C[C@H](Nc1ccc(Oc2cccc3cccnc23)cc1)C(=O)NC(N)=O. The average molecular weight is 350 g/mol. The van der Waals surface area contributed by atoms with E-state index in [4.69, 9.17) is 10.5 Å². The number of carbonyl (C=O) groups is 2. The summed E-state index contributed by atoms with van der Waals surface area (Å²) in [5.41, 5.74) is 6.43. The minimum absolute atomic E-state index is 0.500. The van der Waals surface area contributed by atoms with Crippen LogP contribution in [0.25, 0.3) is 10.9 Å². The van der Waals surface area contributed by atoms with Crippen molar-refractivity contribution in [3.63, 3.8) is 0 Å². The van der Waals surface area contributed by atoms with Crippen LogP contribution in [0.2, 0.25) is 0 Å². The summed E-state index contributed by atoms with van der Waals surface area (Å²) >= 11 is 0. The molecule has 0 saturated carbocycles. The number of primary amides is 1. The summed E-state index contributed by atoms with van der Waals surface area (Å²) in [4.78, 5) is 26.8. The molecule has 7 heteroatoms. The molecule has 0 radical (unpaired) electrons. The Morgan fingerprint density at radius 3 is 2.54 bits per heavy atom. The molecule has 3 rings (SSSR count). The number of nitrogens with zero attached hydrogens (tertiary/aromatic N) is 1. The molecule has 0 unspecified atom stereocenters. The number of rotatable bonds is 5. The van der Waals surface area contributed by atoms with Gasteiger partial charge in [0, 0.05) is 17.3 Å². The van der Waals surface area contributed by atoms with E-state index < -0.39 is 18.0 Å². The van der Waals surface area contributed by atoms with Crippen molar-refractivity contribution in [3.8, 4) is 11.5 Å². The van der Waals surface area contributed by atoms with E-state index in [1.807, 2.05) is 35.6 Å². The molecule has 4 N–H and O–H groups in total. The van der Waals surface area contributed by atoms with Crippen molar-refractivity contribution in [2.24, 2.45) is 5.73 Å². The standard InChI is InChI=1S/C19H18N4O3/c1-12(18(24)23-19(20)25)22-14-7-9-15(10-8-14)26-16-6-2-4-13-5-3-11-21-17(13)16/h2-12,22H,1H3,(H3,20,23,24,25)/t12-/m0/s1. The van der Waals surface area contributed by atoms with Crippen LogP contribution in [0.1, 0.15) is 6.92 Å². The van der Waals surface area contributed by atoms with Crippen molar-refractivity contribution in [2.75, 3.05) is 5.32 Å². The lowest BCUT2D eigenvalue weighted by Gasteiger charge is -2.14. The molecule has 3 amide bonds. The molecule has 0 aliphatic carbocycles. The Kier molecular flexibility index (Phi) is 4.98. The highest BCUT2D eigenvalue weighted by molar-refractivity contribution is 5.97. The molecule has 1 heterocycles. The van der Waals surface area contributed by atoms with Gasteiger partial charge in [-0.15, -0.1) is 0 Å². The fourth-order valence-electron chi connectivity index (χ4n) is 2.45. The molecule has 26 heavy (non-hydrogen) atoms. The van der Waals surface area contributed by atoms with Crippen LogP contribution in [-0.4, -0.2) is 23.0 Å². The number of carbonyl (C=O) groups excluding carboxylic acids is 2. The zero-order valence-electron chi connectivity index (χ0n) is 14.1. The van der Waals surface area contributed by atoms with Gasteiger partial charge in [0.25, 0.3) is 0 Å². The first-order valence-corrected chi connectivity index (χ1v) is 8.01. The Morgan fingerprint density at radius 1 is 1.08 bits per heavy atom. The Labute approximate surface area is 150 Å². The van der Waals surface area contributed by atoms with Gasteiger partial charge in [0.05, 0.1) is 0 Å². The van der Waals surface area contributed by atoms with Gasteiger partial charge in [0.2, 0.25) is 5.91 Å². The van der Waals surface area contributed by atoms with E-state index in [2.05, 4.69) is 10.3 Å².